The topological polar surface area (TPSA) is 96.0 Å². The average Bonchev–Trinajstić information content (AvgIpc) is 2.35. The molecular formula is C11H21N3O5S. The first-order valence-corrected chi connectivity index (χ1v) is 8.11. The highest BCUT2D eigenvalue weighted by Gasteiger charge is 2.39. The van der Waals surface area contributed by atoms with E-state index in [1.54, 1.807) is 0 Å². The summed E-state index contributed by atoms with van der Waals surface area (Å²) in [6.45, 7) is 3.94. The molecule has 0 aromatic carbocycles. The van der Waals surface area contributed by atoms with Gasteiger partial charge in [0.15, 0.2) is 0 Å². The number of hydrogen-bond donors (Lipinski definition) is 1. The van der Waals surface area contributed by atoms with Gasteiger partial charge in [-0.05, 0) is 13.8 Å². The van der Waals surface area contributed by atoms with Crippen LogP contribution >= 0.6 is 0 Å². The predicted molar refractivity (Wildman–Crippen MR) is 72.6 cm³/mol. The molecule has 0 aromatic rings. The van der Waals surface area contributed by atoms with Gasteiger partial charge in [-0.25, -0.2) is 13.2 Å². The largest absolute Gasteiger partial charge is 0.468 e. The van der Waals surface area contributed by atoms with E-state index in [9.17, 15) is 18.0 Å². The van der Waals surface area contributed by atoms with Crippen molar-refractivity contribution in [3.8, 4) is 0 Å². The van der Waals surface area contributed by atoms with Crippen molar-refractivity contribution in [1.29, 1.82) is 0 Å². The Kier molecular flexibility index (Phi) is 5.35. The van der Waals surface area contributed by atoms with Crippen molar-refractivity contribution in [2.75, 3.05) is 33.0 Å². The molecule has 0 saturated carbocycles. The Morgan fingerprint density at radius 2 is 1.90 bits per heavy atom. The van der Waals surface area contributed by atoms with E-state index in [4.69, 9.17) is 0 Å². The molecule has 8 nitrogen and oxygen atoms in total. The summed E-state index contributed by atoms with van der Waals surface area (Å²) in [4.78, 5) is 25.1. The standard InChI is InChI=1S/C11H21N3O5S/c1-8(2)12-11(16)13-5-6-14(20(4,17)18)9(7-13)10(15)19-3/h8-9H,5-7H2,1-4H3,(H,12,16). The normalized spacial score (nSPS) is 20.9. The van der Waals surface area contributed by atoms with Crippen LogP contribution in [0.5, 0.6) is 0 Å². The lowest BCUT2D eigenvalue weighted by Gasteiger charge is -2.38. The van der Waals surface area contributed by atoms with Gasteiger partial charge in [0, 0.05) is 25.7 Å². The second kappa shape index (κ2) is 6.40. The number of carbonyl (C=O) groups excluding carboxylic acids is 2. The third-order valence-corrected chi connectivity index (χ3v) is 4.22. The molecule has 20 heavy (non-hydrogen) atoms. The summed E-state index contributed by atoms with van der Waals surface area (Å²) in [6.07, 6.45) is 1.03. The minimum absolute atomic E-state index is 0.0156. The van der Waals surface area contributed by atoms with Crippen molar-refractivity contribution in [3.63, 3.8) is 0 Å². The van der Waals surface area contributed by atoms with E-state index >= 15 is 0 Å². The Labute approximate surface area is 119 Å². The number of sulfonamides is 1. The van der Waals surface area contributed by atoms with Crippen molar-refractivity contribution in [2.24, 2.45) is 0 Å². The molecule has 1 N–H and O–H groups in total. The van der Waals surface area contributed by atoms with Crippen molar-refractivity contribution in [3.05, 3.63) is 0 Å². The number of rotatable bonds is 3. The number of carbonyl (C=O) groups is 2. The van der Waals surface area contributed by atoms with Gasteiger partial charge in [0.2, 0.25) is 10.0 Å². The SMILES string of the molecule is COC(=O)C1CN(C(=O)NC(C)C)CCN1S(C)(=O)=O. The van der Waals surface area contributed by atoms with Crippen LogP contribution in [0.3, 0.4) is 0 Å². The van der Waals surface area contributed by atoms with Crippen molar-refractivity contribution < 1.29 is 22.7 Å². The zero-order chi connectivity index (χ0) is 15.5. The Balaban J connectivity index is 2.87. The molecule has 1 aliphatic heterocycles. The van der Waals surface area contributed by atoms with Gasteiger partial charge < -0.3 is 15.0 Å². The van der Waals surface area contributed by atoms with Crippen LogP contribution in [0, 0.1) is 0 Å². The second-order valence-electron chi connectivity index (χ2n) is 4.96. The van der Waals surface area contributed by atoms with Gasteiger partial charge in [0.1, 0.15) is 6.04 Å². The molecule has 0 radical (unpaired) electrons. The van der Waals surface area contributed by atoms with Gasteiger partial charge >= 0.3 is 12.0 Å². The second-order valence-corrected chi connectivity index (χ2v) is 6.90. The first kappa shape index (κ1) is 16.7. The average molecular weight is 307 g/mol. The van der Waals surface area contributed by atoms with Crippen LogP contribution in [0.15, 0.2) is 0 Å². The van der Waals surface area contributed by atoms with Crippen LogP contribution < -0.4 is 5.32 Å². The Hall–Kier alpha value is -1.35. The van der Waals surface area contributed by atoms with Gasteiger partial charge in [-0.1, -0.05) is 0 Å². The van der Waals surface area contributed by atoms with Crippen molar-refractivity contribution in [2.45, 2.75) is 25.9 Å². The Morgan fingerprint density at radius 1 is 1.30 bits per heavy atom. The highest BCUT2D eigenvalue weighted by atomic mass is 32.2. The first-order valence-electron chi connectivity index (χ1n) is 6.27. The number of nitrogens with one attached hydrogen (secondary N) is 1. The molecular weight excluding hydrogens is 286 g/mol. The molecule has 116 valence electrons. The van der Waals surface area contributed by atoms with E-state index in [-0.39, 0.29) is 31.7 Å². The lowest BCUT2D eigenvalue weighted by atomic mass is 10.2. The molecule has 1 aliphatic rings. The number of nitrogens with zero attached hydrogens (tertiary/aromatic N) is 2. The summed E-state index contributed by atoms with van der Waals surface area (Å²) in [6, 6.07) is -1.35. The van der Waals surface area contributed by atoms with Crippen LogP contribution in [0.25, 0.3) is 0 Å². The fraction of sp³-hybridized carbons (Fsp3) is 0.818. The molecule has 1 fully saturated rings. The van der Waals surface area contributed by atoms with Gasteiger partial charge in [-0.15, -0.1) is 0 Å². The zero-order valence-electron chi connectivity index (χ0n) is 12.1. The Bertz CT molecular complexity index is 476. The molecule has 0 spiro atoms. The number of piperazine rings is 1. The summed E-state index contributed by atoms with van der Waals surface area (Å²) in [5, 5.41) is 2.71. The van der Waals surface area contributed by atoms with Crippen LogP contribution in [-0.2, 0) is 19.6 Å². The maximum absolute atomic E-state index is 11.9. The van der Waals surface area contributed by atoms with Gasteiger partial charge in [-0.3, -0.25) is 4.79 Å². The summed E-state index contributed by atoms with van der Waals surface area (Å²) in [5.74, 6) is -0.669. The molecule has 1 atom stereocenters. The maximum Gasteiger partial charge on any atom is 0.326 e. The molecule has 1 unspecified atom stereocenters. The molecule has 2 amide bonds. The summed E-state index contributed by atoms with van der Waals surface area (Å²) in [7, 11) is -2.34. The fourth-order valence-electron chi connectivity index (χ4n) is 2.01. The molecule has 0 aromatic heterocycles. The number of urea groups is 1. The third kappa shape index (κ3) is 4.07. The highest BCUT2D eigenvalue weighted by Crippen LogP contribution is 2.15. The number of esters is 1. The summed E-state index contributed by atoms with van der Waals surface area (Å²) >= 11 is 0. The number of ether oxygens (including phenoxy) is 1. The lowest BCUT2D eigenvalue weighted by Crippen LogP contribution is -2.61. The number of methoxy groups -OCH3 is 1. The molecule has 0 bridgehead atoms. The molecule has 9 heteroatoms. The molecule has 1 heterocycles. The lowest BCUT2D eigenvalue weighted by molar-refractivity contribution is -0.146. The monoisotopic (exact) mass is 307 g/mol. The third-order valence-electron chi connectivity index (χ3n) is 2.93. The van der Waals surface area contributed by atoms with E-state index in [2.05, 4.69) is 10.1 Å². The van der Waals surface area contributed by atoms with E-state index < -0.39 is 22.0 Å². The van der Waals surface area contributed by atoms with Crippen LogP contribution in [0.4, 0.5) is 4.79 Å². The van der Waals surface area contributed by atoms with E-state index in [0.717, 1.165) is 10.6 Å². The van der Waals surface area contributed by atoms with Gasteiger partial charge in [0.05, 0.1) is 13.4 Å². The van der Waals surface area contributed by atoms with Crippen molar-refractivity contribution >= 4 is 22.0 Å². The van der Waals surface area contributed by atoms with E-state index in [1.807, 2.05) is 13.8 Å². The first-order chi connectivity index (χ1) is 9.16. The van der Waals surface area contributed by atoms with E-state index in [0.29, 0.717) is 0 Å². The van der Waals surface area contributed by atoms with Crippen molar-refractivity contribution in [1.82, 2.24) is 14.5 Å². The predicted octanol–water partition coefficient (Wildman–Crippen LogP) is -0.777. The Morgan fingerprint density at radius 3 is 2.35 bits per heavy atom. The minimum Gasteiger partial charge on any atom is -0.468 e. The van der Waals surface area contributed by atoms with Crippen LogP contribution in [-0.4, -0.2) is 74.7 Å². The smallest absolute Gasteiger partial charge is 0.326 e. The summed E-state index contributed by atoms with van der Waals surface area (Å²) in [5.41, 5.74) is 0. The van der Waals surface area contributed by atoms with Crippen LogP contribution in [0.1, 0.15) is 13.8 Å². The van der Waals surface area contributed by atoms with Gasteiger partial charge in [-0.2, -0.15) is 4.31 Å². The summed E-state index contributed by atoms with van der Waals surface area (Å²) < 4.78 is 29.0. The quantitative estimate of drug-likeness (QED) is 0.690. The highest BCUT2D eigenvalue weighted by molar-refractivity contribution is 7.88. The number of amides is 2. The molecule has 1 rings (SSSR count). The zero-order valence-corrected chi connectivity index (χ0v) is 12.9. The van der Waals surface area contributed by atoms with E-state index in [1.165, 1.54) is 12.0 Å². The minimum atomic E-state index is -3.53. The maximum atomic E-state index is 11.9. The van der Waals surface area contributed by atoms with Crippen LogP contribution in [0.2, 0.25) is 0 Å². The number of hydrogen-bond acceptors (Lipinski definition) is 5. The molecule has 0 aliphatic carbocycles. The molecule has 1 saturated heterocycles. The van der Waals surface area contributed by atoms with Gasteiger partial charge in [0.25, 0.3) is 0 Å². The fourth-order valence-corrected chi connectivity index (χ4v) is 3.04.